The average Bonchev–Trinajstić information content (AvgIpc) is 3.18. The first kappa shape index (κ1) is 22.2. The highest BCUT2D eigenvalue weighted by Gasteiger charge is 2.23. The highest BCUT2D eigenvalue weighted by Crippen LogP contribution is 2.24. The third-order valence-electron chi connectivity index (χ3n) is 4.54. The monoisotopic (exact) mass is 451 g/mol. The zero-order chi connectivity index (χ0) is 21.7. The topological polar surface area (TPSA) is 102 Å². The number of thiophene rings is 1. The number of morpholine rings is 1. The molecule has 1 aromatic carbocycles. The van der Waals surface area contributed by atoms with Crippen molar-refractivity contribution >= 4 is 52.1 Å². The average molecular weight is 452 g/mol. The number of hydrogen-bond donors (Lipinski definition) is 1. The van der Waals surface area contributed by atoms with Gasteiger partial charge in [-0.25, -0.2) is 4.79 Å². The minimum absolute atomic E-state index is 0.0506. The van der Waals surface area contributed by atoms with Crippen LogP contribution in [0.5, 0.6) is 0 Å². The summed E-state index contributed by atoms with van der Waals surface area (Å²) >= 11 is 6.97. The molecule has 0 bridgehead atoms. The van der Waals surface area contributed by atoms with Gasteiger partial charge in [0.15, 0.2) is 0 Å². The van der Waals surface area contributed by atoms with E-state index in [1.54, 1.807) is 41.3 Å². The van der Waals surface area contributed by atoms with Gasteiger partial charge in [0.05, 0.1) is 17.5 Å². The highest BCUT2D eigenvalue weighted by molar-refractivity contribution is 7.17. The molecule has 1 saturated heterocycles. The number of nitrogens with two attached hydrogens (primary N) is 1. The fourth-order valence-corrected chi connectivity index (χ4v) is 3.94. The van der Waals surface area contributed by atoms with Gasteiger partial charge < -0.3 is 25.0 Å². The first-order chi connectivity index (χ1) is 14.4. The molecule has 2 heterocycles. The minimum Gasteiger partial charge on any atom is -0.455 e. The van der Waals surface area contributed by atoms with Crippen LogP contribution in [0.4, 0.5) is 11.4 Å². The number of esters is 1. The number of rotatable bonds is 7. The molecule has 30 heavy (non-hydrogen) atoms. The molecule has 2 aromatic rings. The molecule has 1 atom stereocenters. The quantitative estimate of drug-likeness (QED) is 0.648. The summed E-state index contributed by atoms with van der Waals surface area (Å²) in [7, 11) is 0. The molecule has 0 radical (unpaired) electrons. The molecule has 1 fully saturated rings. The van der Waals surface area contributed by atoms with Gasteiger partial charge in [-0.05, 0) is 36.4 Å². The number of carbonyl (C=O) groups is 3. The third-order valence-corrected chi connectivity index (χ3v) is 5.75. The number of halogens is 1. The first-order valence-electron chi connectivity index (χ1n) is 9.31. The Morgan fingerprint density at radius 3 is 2.60 bits per heavy atom. The van der Waals surface area contributed by atoms with Crippen molar-refractivity contribution < 1.29 is 23.9 Å². The number of amides is 2. The summed E-state index contributed by atoms with van der Waals surface area (Å²) < 4.78 is 11.1. The van der Waals surface area contributed by atoms with Crippen molar-refractivity contribution in [3.8, 4) is 0 Å². The molecule has 2 amide bonds. The van der Waals surface area contributed by atoms with Gasteiger partial charge in [-0.3, -0.25) is 9.59 Å². The highest BCUT2D eigenvalue weighted by atomic mass is 35.5. The van der Waals surface area contributed by atoms with Crippen molar-refractivity contribution in [2.75, 3.05) is 42.6 Å². The van der Waals surface area contributed by atoms with Crippen LogP contribution in [0.15, 0.2) is 36.4 Å². The predicted octanol–water partition coefficient (Wildman–Crippen LogP) is 2.30. The van der Waals surface area contributed by atoms with Crippen LogP contribution in [-0.2, 0) is 19.1 Å². The Kier molecular flexibility index (Phi) is 7.43. The summed E-state index contributed by atoms with van der Waals surface area (Å²) in [5.41, 5.74) is 7.11. The van der Waals surface area contributed by atoms with Gasteiger partial charge in [-0.15, -0.1) is 11.3 Å². The lowest BCUT2D eigenvalue weighted by atomic mass is 10.2. The molecule has 3 rings (SSSR count). The van der Waals surface area contributed by atoms with E-state index in [-0.39, 0.29) is 31.5 Å². The van der Waals surface area contributed by atoms with Crippen molar-refractivity contribution in [1.29, 1.82) is 0 Å². The lowest BCUT2D eigenvalue weighted by Crippen LogP contribution is -2.42. The fraction of sp³-hybridized carbons (Fsp3) is 0.350. The lowest BCUT2D eigenvalue weighted by Gasteiger charge is -2.29. The van der Waals surface area contributed by atoms with Gasteiger partial charge in [0.25, 0.3) is 5.91 Å². The maximum absolute atomic E-state index is 12.3. The smallest absolute Gasteiger partial charge is 0.348 e. The number of nitrogens with zero attached hydrogens (tertiary/aromatic N) is 2. The molecule has 160 valence electrons. The van der Waals surface area contributed by atoms with Gasteiger partial charge >= 0.3 is 5.97 Å². The van der Waals surface area contributed by atoms with E-state index >= 15 is 0 Å². The Hall–Kier alpha value is -2.46. The lowest BCUT2D eigenvalue weighted by molar-refractivity contribution is -0.125. The molecule has 8 nitrogen and oxygen atoms in total. The van der Waals surface area contributed by atoms with Crippen molar-refractivity contribution in [2.24, 2.45) is 5.73 Å². The van der Waals surface area contributed by atoms with Gasteiger partial charge in [0.1, 0.15) is 17.6 Å². The van der Waals surface area contributed by atoms with E-state index in [1.165, 1.54) is 11.8 Å². The largest absolute Gasteiger partial charge is 0.455 e. The Labute approximate surface area is 183 Å². The summed E-state index contributed by atoms with van der Waals surface area (Å²) in [6.07, 6.45) is -0.692. The van der Waals surface area contributed by atoms with E-state index in [0.29, 0.717) is 28.1 Å². The predicted molar refractivity (Wildman–Crippen MR) is 115 cm³/mol. The van der Waals surface area contributed by atoms with E-state index in [1.807, 2.05) is 0 Å². The summed E-state index contributed by atoms with van der Waals surface area (Å²) in [5, 5.41) is 0. The van der Waals surface area contributed by atoms with Gasteiger partial charge in [0, 0.05) is 31.4 Å². The van der Waals surface area contributed by atoms with Crippen LogP contribution in [0, 0.1) is 0 Å². The summed E-state index contributed by atoms with van der Waals surface area (Å²) in [6.45, 7) is 2.59. The standard InChI is InChI=1S/C20H22ClN3O5S/c1-13(25)24(11-16(10-22)29-20(27)17-6-7-18(21)30-17)15-4-2-14(3-5-15)23-8-9-28-12-19(23)26/h2-7,16H,8-12,22H2,1H3/t16-/m0/s1. The second-order valence-electron chi connectivity index (χ2n) is 6.61. The van der Waals surface area contributed by atoms with Crippen molar-refractivity contribution in [1.82, 2.24) is 0 Å². The van der Waals surface area contributed by atoms with Gasteiger partial charge in [-0.1, -0.05) is 11.6 Å². The zero-order valence-corrected chi connectivity index (χ0v) is 17.9. The van der Waals surface area contributed by atoms with Crippen molar-refractivity contribution in [2.45, 2.75) is 13.0 Å². The number of benzene rings is 1. The zero-order valence-electron chi connectivity index (χ0n) is 16.4. The van der Waals surface area contributed by atoms with E-state index in [4.69, 9.17) is 26.8 Å². The van der Waals surface area contributed by atoms with Crippen molar-refractivity contribution in [3.05, 3.63) is 45.6 Å². The number of anilines is 2. The van der Waals surface area contributed by atoms with E-state index < -0.39 is 12.1 Å². The summed E-state index contributed by atoms with van der Waals surface area (Å²) in [5.74, 6) is -0.868. The van der Waals surface area contributed by atoms with Crippen LogP contribution in [0.25, 0.3) is 0 Å². The maximum Gasteiger partial charge on any atom is 0.348 e. The van der Waals surface area contributed by atoms with E-state index in [2.05, 4.69) is 0 Å². The Balaban J connectivity index is 1.70. The molecular formula is C20H22ClN3O5S. The van der Waals surface area contributed by atoms with E-state index in [0.717, 1.165) is 17.0 Å². The second-order valence-corrected chi connectivity index (χ2v) is 8.33. The maximum atomic E-state index is 12.3. The molecule has 1 aliphatic rings. The van der Waals surface area contributed by atoms with Crippen LogP contribution in [-0.4, -0.2) is 56.7 Å². The van der Waals surface area contributed by atoms with E-state index in [9.17, 15) is 14.4 Å². The second kappa shape index (κ2) is 10.0. The van der Waals surface area contributed by atoms with Gasteiger partial charge in [0.2, 0.25) is 5.91 Å². The molecule has 0 unspecified atom stereocenters. The van der Waals surface area contributed by atoms with Crippen LogP contribution >= 0.6 is 22.9 Å². The van der Waals surface area contributed by atoms with Crippen LogP contribution in [0.3, 0.4) is 0 Å². The summed E-state index contributed by atoms with van der Waals surface area (Å²) in [6, 6.07) is 10.2. The van der Waals surface area contributed by atoms with Gasteiger partial charge in [-0.2, -0.15) is 0 Å². The summed E-state index contributed by atoms with van der Waals surface area (Å²) in [4.78, 5) is 40.0. The Morgan fingerprint density at radius 2 is 2.03 bits per heavy atom. The Morgan fingerprint density at radius 1 is 1.30 bits per heavy atom. The number of ether oxygens (including phenoxy) is 2. The fourth-order valence-electron chi connectivity index (χ4n) is 3.02. The van der Waals surface area contributed by atoms with Crippen LogP contribution in [0.1, 0.15) is 16.6 Å². The molecular weight excluding hydrogens is 430 g/mol. The van der Waals surface area contributed by atoms with Crippen LogP contribution in [0.2, 0.25) is 4.34 Å². The SMILES string of the molecule is CC(=O)N(C[C@H](CN)OC(=O)c1ccc(Cl)s1)c1ccc(N2CCOCC2=O)cc1. The minimum atomic E-state index is -0.692. The molecule has 0 saturated carbocycles. The first-order valence-corrected chi connectivity index (χ1v) is 10.5. The van der Waals surface area contributed by atoms with Crippen LogP contribution < -0.4 is 15.5 Å². The molecule has 2 N–H and O–H groups in total. The Bertz CT molecular complexity index is 917. The molecule has 10 heteroatoms. The molecule has 0 spiro atoms. The number of hydrogen-bond acceptors (Lipinski definition) is 7. The van der Waals surface area contributed by atoms with Crippen molar-refractivity contribution in [3.63, 3.8) is 0 Å². The molecule has 1 aromatic heterocycles. The molecule has 0 aliphatic carbocycles. The third kappa shape index (κ3) is 5.37. The number of carbonyl (C=O) groups excluding carboxylic acids is 3. The molecule has 1 aliphatic heterocycles. The normalized spacial score (nSPS) is 15.0.